The minimum Gasteiger partial charge on any atom is -0.470 e. The number of carbonyl (C=O) groups is 1. The number of hydrogen-bond donors (Lipinski definition) is 0. The largest absolute Gasteiger partial charge is 0.470 e. The Kier molecular flexibility index (Phi) is 6.07. The number of aromatic nitrogens is 3. The average Bonchev–Trinajstić information content (AvgIpc) is 3.23. The molecule has 7 nitrogen and oxygen atoms in total. The first-order chi connectivity index (χ1) is 14.2. The van der Waals surface area contributed by atoms with Crippen molar-refractivity contribution in [1.29, 1.82) is 0 Å². The van der Waals surface area contributed by atoms with Crippen molar-refractivity contribution >= 4 is 17.5 Å². The molecule has 29 heavy (non-hydrogen) atoms. The van der Waals surface area contributed by atoms with Crippen LogP contribution in [0.4, 0.5) is 0 Å². The molecule has 0 bridgehead atoms. The molecule has 150 valence electrons. The summed E-state index contributed by atoms with van der Waals surface area (Å²) >= 11 is 6.09. The van der Waals surface area contributed by atoms with Gasteiger partial charge in [0.2, 0.25) is 0 Å². The summed E-state index contributed by atoms with van der Waals surface area (Å²) in [7, 11) is 0. The molecule has 1 aromatic carbocycles. The number of halogens is 1. The lowest BCUT2D eigenvalue weighted by molar-refractivity contribution is 0.0620. The van der Waals surface area contributed by atoms with Gasteiger partial charge in [-0.3, -0.25) is 14.7 Å². The van der Waals surface area contributed by atoms with Crippen LogP contribution in [0.3, 0.4) is 0 Å². The van der Waals surface area contributed by atoms with Crippen molar-refractivity contribution in [2.75, 3.05) is 26.2 Å². The van der Waals surface area contributed by atoms with Crippen molar-refractivity contribution in [1.82, 2.24) is 24.6 Å². The number of para-hydroxylation sites is 1. The van der Waals surface area contributed by atoms with Gasteiger partial charge >= 0.3 is 0 Å². The summed E-state index contributed by atoms with van der Waals surface area (Å²) in [6, 6.07) is 13.0. The molecule has 0 spiro atoms. The molecule has 8 heteroatoms. The number of pyridine rings is 1. The third-order valence-electron chi connectivity index (χ3n) is 4.84. The Bertz CT molecular complexity index is 954. The zero-order chi connectivity index (χ0) is 20.1. The fourth-order valence-electron chi connectivity index (χ4n) is 3.27. The molecule has 0 saturated carbocycles. The van der Waals surface area contributed by atoms with Crippen LogP contribution in [0.25, 0.3) is 0 Å². The summed E-state index contributed by atoms with van der Waals surface area (Å²) in [5.41, 5.74) is 1.61. The third kappa shape index (κ3) is 4.93. The van der Waals surface area contributed by atoms with E-state index >= 15 is 0 Å². The third-order valence-corrected chi connectivity index (χ3v) is 5.15. The van der Waals surface area contributed by atoms with E-state index < -0.39 is 0 Å². The van der Waals surface area contributed by atoms with Crippen molar-refractivity contribution < 1.29 is 9.53 Å². The second-order valence-corrected chi connectivity index (χ2v) is 7.28. The van der Waals surface area contributed by atoms with Gasteiger partial charge in [-0.05, 0) is 29.8 Å². The Morgan fingerprint density at radius 1 is 1.07 bits per heavy atom. The van der Waals surface area contributed by atoms with Gasteiger partial charge in [-0.2, -0.15) is 5.10 Å². The highest BCUT2D eigenvalue weighted by atomic mass is 35.5. The van der Waals surface area contributed by atoms with Gasteiger partial charge in [-0.25, -0.2) is 4.68 Å². The van der Waals surface area contributed by atoms with Crippen molar-refractivity contribution in [3.63, 3.8) is 0 Å². The van der Waals surface area contributed by atoms with Crippen LogP contribution in [0, 0.1) is 0 Å². The Morgan fingerprint density at radius 3 is 2.66 bits per heavy atom. The minimum absolute atomic E-state index is 0.0532. The zero-order valence-corrected chi connectivity index (χ0v) is 16.7. The molecule has 4 rings (SSSR count). The highest BCUT2D eigenvalue weighted by molar-refractivity contribution is 6.32. The molecule has 1 aliphatic rings. The van der Waals surface area contributed by atoms with Crippen LogP contribution in [-0.2, 0) is 13.3 Å². The number of amides is 1. The van der Waals surface area contributed by atoms with Gasteiger partial charge in [0, 0.05) is 51.3 Å². The predicted molar refractivity (Wildman–Crippen MR) is 110 cm³/mol. The van der Waals surface area contributed by atoms with Gasteiger partial charge in [0.05, 0.1) is 5.02 Å². The number of nitrogens with zero attached hydrogens (tertiary/aromatic N) is 5. The van der Waals surface area contributed by atoms with E-state index in [1.807, 2.05) is 29.3 Å². The van der Waals surface area contributed by atoms with Crippen LogP contribution in [0.1, 0.15) is 16.1 Å². The van der Waals surface area contributed by atoms with Crippen molar-refractivity contribution in [2.24, 2.45) is 0 Å². The average molecular weight is 412 g/mol. The molecule has 3 aromatic rings. The van der Waals surface area contributed by atoms with Gasteiger partial charge in [0.25, 0.3) is 5.91 Å². The number of rotatable bonds is 6. The first kappa shape index (κ1) is 19.4. The quantitative estimate of drug-likeness (QED) is 0.624. The SMILES string of the molecule is O=C(c1ccn(COc2ccccc2Cl)n1)N1CCN(Cc2cccnc2)CC1. The van der Waals surface area contributed by atoms with Crippen LogP contribution < -0.4 is 4.74 Å². The zero-order valence-electron chi connectivity index (χ0n) is 15.9. The van der Waals surface area contributed by atoms with Crippen LogP contribution in [0.15, 0.2) is 61.1 Å². The molecule has 2 aromatic heterocycles. The summed E-state index contributed by atoms with van der Waals surface area (Å²) in [6.45, 7) is 4.07. The van der Waals surface area contributed by atoms with Crippen molar-refractivity contribution in [3.05, 3.63) is 77.3 Å². The maximum absolute atomic E-state index is 12.8. The molecular formula is C21H22ClN5O2. The summed E-state index contributed by atoms with van der Waals surface area (Å²) in [5, 5.41) is 4.89. The minimum atomic E-state index is -0.0532. The van der Waals surface area contributed by atoms with Crippen LogP contribution in [0.5, 0.6) is 5.75 Å². The van der Waals surface area contributed by atoms with Gasteiger partial charge in [0.15, 0.2) is 12.4 Å². The smallest absolute Gasteiger partial charge is 0.274 e. The Morgan fingerprint density at radius 2 is 1.90 bits per heavy atom. The first-order valence-electron chi connectivity index (χ1n) is 9.50. The monoisotopic (exact) mass is 411 g/mol. The molecule has 0 unspecified atom stereocenters. The lowest BCUT2D eigenvalue weighted by Gasteiger charge is -2.34. The summed E-state index contributed by atoms with van der Waals surface area (Å²) in [5.74, 6) is 0.532. The van der Waals surface area contributed by atoms with E-state index in [9.17, 15) is 4.79 Å². The topological polar surface area (TPSA) is 63.5 Å². The van der Waals surface area contributed by atoms with Crippen LogP contribution in [0.2, 0.25) is 5.02 Å². The number of carbonyl (C=O) groups excluding carboxylic acids is 1. The maximum Gasteiger partial charge on any atom is 0.274 e. The molecule has 0 radical (unpaired) electrons. The summed E-state index contributed by atoms with van der Waals surface area (Å²) in [6.07, 6.45) is 5.40. The van der Waals surface area contributed by atoms with Crippen LogP contribution in [-0.4, -0.2) is 56.7 Å². The van der Waals surface area contributed by atoms with E-state index in [0.717, 1.165) is 19.6 Å². The maximum atomic E-state index is 12.8. The highest BCUT2D eigenvalue weighted by Crippen LogP contribution is 2.23. The molecule has 0 aliphatic carbocycles. The molecule has 1 saturated heterocycles. The lowest BCUT2D eigenvalue weighted by Crippen LogP contribution is -2.48. The van der Waals surface area contributed by atoms with E-state index in [0.29, 0.717) is 29.6 Å². The van der Waals surface area contributed by atoms with Crippen molar-refractivity contribution in [2.45, 2.75) is 13.3 Å². The normalized spacial score (nSPS) is 14.7. The molecule has 1 amide bonds. The number of benzene rings is 1. The lowest BCUT2D eigenvalue weighted by atomic mass is 10.2. The predicted octanol–water partition coefficient (Wildman–Crippen LogP) is 2.93. The number of ether oxygens (including phenoxy) is 1. The van der Waals surface area contributed by atoms with Gasteiger partial charge in [0.1, 0.15) is 5.75 Å². The fraction of sp³-hybridized carbons (Fsp3) is 0.286. The van der Waals surface area contributed by atoms with Gasteiger partial charge < -0.3 is 9.64 Å². The van der Waals surface area contributed by atoms with Crippen LogP contribution >= 0.6 is 11.6 Å². The molecule has 0 N–H and O–H groups in total. The second kappa shape index (κ2) is 9.07. The second-order valence-electron chi connectivity index (χ2n) is 6.87. The van der Waals surface area contributed by atoms with E-state index in [-0.39, 0.29) is 12.6 Å². The first-order valence-corrected chi connectivity index (χ1v) is 9.88. The van der Waals surface area contributed by atoms with Gasteiger partial charge in [-0.15, -0.1) is 0 Å². The fourth-order valence-corrected chi connectivity index (χ4v) is 3.46. The highest BCUT2D eigenvalue weighted by Gasteiger charge is 2.23. The Balaban J connectivity index is 1.29. The number of hydrogen-bond acceptors (Lipinski definition) is 5. The molecule has 1 aliphatic heterocycles. The standard InChI is InChI=1S/C21H22ClN5O2/c22-18-5-1-2-6-20(18)29-16-27-9-7-19(24-27)21(28)26-12-10-25(11-13-26)15-17-4-3-8-23-14-17/h1-9,14H,10-13,15-16H2. The Labute approximate surface area is 174 Å². The molecule has 3 heterocycles. The van der Waals surface area contributed by atoms with E-state index in [4.69, 9.17) is 16.3 Å². The van der Waals surface area contributed by atoms with E-state index in [1.165, 1.54) is 5.56 Å². The van der Waals surface area contributed by atoms with E-state index in [1.54, 1.807) is 35.3 Å². The number of piperazine rings is 1. The Hall–Kier alpha value is -2.90. The summed E-state index contributed by atoms with van der Waals surface area (Å²) < 4.78 is 7.26. The molecule has 1 fully saturated rings. The summed E-state index contributed by atoms with van der Waals surface area (Å²) in [4.78, 5) is 21.1. The van der Waals surface area contributed by atoms with Gasteiger partial charge in [-0.1, -0.05) is 29.8 Å². The molecular weight excluding hydrogens is 390 g/mol. The van der Waals surface area contributed by atoms with E-state index in [2.05, 4.69) is 21.0 Å². The van der Waals surface area contributed by atoms with Crippen molar-refractivity contribution in [3.8, 4) is 5.75 Å². The molecule has 0 atom stereocenters.